The topological polar surface area (TPSA) is 117 Å². The predicted octanol–water partition coefficient (Wildman–Crippen LogP) is 2.85. The maximum absolute atomic E-state index is 13.3. The molecule has 2 aromatic carbocycles. The molecule has 0 fully saturated rings. The van der Waals surface area contributed by atoms with Crippen LogP contribution in [-0.2, 0) is 22.7 Å². The van der Waals surface area contributed by atoms with E-state index in [1.54, 1.807) is 12.1 Å². The lowest BCUT2D eigenvalue weighted by molar-refractivity contribution is -0.144. The summed E-state index contributed by atoms with van der Waals surface area (Å²) in [7, 11) is 0. The fourth-order valence-electron chi connectivity index (χ4n) is 3.18. The third-order valence-corrected chi connectivity index (χ3v) is 4.75. The Morgan fingerprint density at radius 1 is 1.00 bits per heavy atom. The zero-order valence-corrected chi connectivity index (χ0v) is 16.4. The number of aromatic nitrogens is 3. The van der Waals surface area contributed by atoms with Gasteiger partial charge in [0.05, 0.1) is 29.0 Å². The summed E-state index contributed by atoms with van der Waals surface area (Å²) in [5.74, 6) is -1.69. The first-order valence-electron chi connectivity index (χ1n) is 9.47. The van der Waals surface area contributed by atoms with Crippen LogP contribution in [0.2, 0.25) is 0 Å². The largest absolute Gasteiger partial charge is 0.383 e. The molecule has 0 atom stereocenters. The Bertz CT molecular complexity index is 1220. The van der Waals surface area contributed by atoms with E-state index in [0.717, 1.165) is 5.56 Å². The number of pyridine rings is 1. The van der Waals surface area contributed by atoms with Crippen LogP contribution in [0.1, 0.15) is 11.1 Å². The normalized spacial score (nSPS) is 10.7. The molecule has 4 N–H and O–H groups in total. The van der Waals surface area contributed by atoms with E-state index < -0.39 is 11.8 Å². The Morgan fingerprint density at radius 3 is 2.39 bits per heavy atom. The fourth-order valence-corrected chi connectivity index (χ4v) is 3.18. The van der Waals surface area contributed by atoms with Crippen molar-refractivity contribution in [1.82, 2.24) is 20.1 Å². The Hall–Kier alpha value is -4.27. The summed E-state index contributed by atoms with van der Waals surface area (Å²) in [5, 5.41) is 9.77. The molecule has 2 amide bonds. The number of carbonyl (C=O) groups excluding carboxylic acids is 2. The highest BCUT2D eigenvalue weighted by Gasteiger charge is 2.24. The maximum atomic E-state index is 13.3. The molecule has 0 radical (unpaired) electrons. The molecular formula is C22H19FN6O2. The van der Waals surface area contributed by atoms with Crippen molar-refractivity contribution in [2.24, 2.45) is 0 Å². The van der Waals surface area contributed by atoms with Crippen LogP contribution in [0.3, 0.4) is 0 Å². The number of nitrogens with one attached hydrogen (secondary N) is 2. The second-order valence-corrected chi connectivity index (χ2v) is 6.94. The third-order valence-electron chi connectivity index (χ3n) is 4.75. The number of anilines is 2. The second-order valence-electron chi connectivity index (χ2n) is 6.94. The Balaban J connectivity index is 1.57. The quantitative estimate of drug-likeness (QED) is 0.431. The van der Waals surface area contributed by atoms with Gasteiger partial charge in [0, 0.05) is 13.1 Å². The van der Waals surface area contributed by atoms with Gasteiger partial charge >= 0.3 is 11.8 Å². The molecule has 8 nitrogen and oxygen atoms in total. The standard InChI is InChI=1S/C22H19FN6O2/c23-16-8-6-15(7-9-16)13-29(12-14-4-2-1-3-5-14)22(31)21(30)27-18-11-25-20(24)17-10-26-28-19(17)18/h1-11H,12-13H2,(H2,24,25)(H,26,28)(H,27,30). The van der Waals surface area contributed by atoms with Crippen LogP contribution in [0.5, 0.6) is 0 Å². The molecule has 0 aliphatic rings. The number of hydrogen-bond donors (Lipinski definition) is 3. The average Bonchev–Trinajstić information content (AvgIpc) is 3.28. The molecule has 4 aromatic rings. The first-order chi connectivity index (χ1) is 15.0. The van der Waals surface area contributed by atoms with Gasteiger partial charge in [0.2, 0.25) is 0 Å². The van der Waals surface area contributed by atoms with Crippen molar-refractivity contribution in [1.29, 1.82) is 0 Å². The van der Waals surface area contributed by atoms with Gasteiger partial charge in [-0.3, -0.25) is 14.7 Å². The summed E-state index contributed by atoms with van der Waals surface area (Å²) in [5.41, 5.74) is 8.13. The molecule has 0 spiro atoms. The van der Waals surface area contributed by atoms with E-state index in [0.29, 0.717) is 22.2 Å². The van der Waals surface area contributed by atoms with E-state index in [1.165, 1.54) is 29.4 Å². The Labute approximate surface area is 176 Å². The summed E-state index contributed by atoms with van der Waals surface area (Å²) >= 11 is 0. The van der Waals surface area contributed by atoms with Gasteiger partial charge in [-0.1, -0.05) is 42.5 Å². The van der Waals surface area contributed by atoms with Gasteiger partial charge in [-0.15, -0.1) is 0 Å². The smallest absolute Gasteiger partial charge is 0.314 e. The van der Waals surface area contributed by atoms with E-state index in [4.69, 9.17) is 5.73 Å². The monoisotopic (exact) mass is 418 g/mol. The van der Waals surface area contributed by atoms with Gasteiger partial charge in [0.15, 0.2) is 0 Å². The Morgan fingerprint density at radius 2 is 1.68 bits per heavy atom. The number of hydrogen-bond acceptors (Lipinski definition) is 5. The van der Waals surface area contributed by atoms with E-state index >= 15 is 0 Å². The zero-order chi connectivity index (χ0) is 21.8. The molecule has 156 valence electrons. The van der Waals surface area contributed by atoms with E-state index in [1.807, 2.05) is 30.3 Å². The lowest BCUT2D eigenvalue weighted by atomic mass is 10.1. The van der Waals surface area contributed by atoms with Crippen LogP contribution < -0.4 is 11.1 Å². The van der Waals surface area contributed by atoms with E-state index in [9.17, 15) is 14.0 Å². The van der Waals surface area contributed by atoms with Gasteiger partial charge in [0.25, 0.3) is 0 Å². The molecule has 2 heterocycles. The van der Waals surface area contributed by atoms with Crippen LogP contribution in [0, 0.1) is 5.82 Å². The van der Waals surface area contributed by atoms with Crippen molar-refractivity contribution < 1.29 is 14.0 Å². The van der Waals surface area contributed by atoms with Crippen molar-refractivity contribution in [3.8, 4) is 0 Å². The summed E-state index contributed by atoms with van der Waals surface area (Å²) in [6.45, 7) is 0.352. The number of nitrogens with two attached hydrogens (primary N) is 1. The van der Waals surface area contributed by atoms with Crippen molar-refractivity contribution >= 4 is 34.2 Å². The number of amides is 2. The SMILES string of the molecule is Nc1ncc(NC(=O)C(=O)N(Cc2ccccc2)Cc2ccc(F)cc2)c2[nH]ncc12. The zero-order valence-electron chi connectivity index (χ0n) is 16.4. The first-order valence-corrected chi connectivity index (χ1v) is 9.47. The molecule has 31 heavy (non-hydrogen) atoms. The molecule has 0 aliphatic carbocycles. The highest BCUT2D eigenvalue weighted by molar-refractivity contribution is 6.40. The third kappa shape index (κ3) is 4.50. The molecule has 0 bridgehead atoms. The number of H-pyrrole nitrogens is 1. The number of benzene rings is 2. The van der Waals surface area contributed by atoms with Gasteiger partial charge in [-0.2, -0.15) is 5.10 Å². The van der Waals surface area contributed by atoms with Crippen molar-refractivity contribution in [2.75, 3.05) is 11.1 Å². The molecule has 0 saturated heterocycles. The molecule has 0 aliphatic heterocycles. The number of halogens is 1. The molecule has 4 rings (SSSR count). The number of aromatic amines is 1. The van der Waals surface area contributed by atoms with Crippen molar-refractivity contribution in [3.63, 3.8) is 0 Å². The number of carbonyl (C=O) groups is 2. The van der Waals surface area contributed by atoms with Gasteiger partial charge in [-0.25, -0.2) is 9.37 Å². The molecule has 2 aromatic heterocycles. The Kier molecular flexibility index (Phi) is 5.57. The number of rotatable bonds is 5. The van der Waals surface area contributed by atoms with Crippen molar-refractivity contribution in [3.05, 3.63) is 83.9 Å². The van der Waals surface area contributed by atoms with E-state index in [-0.39, 0.29) is 24.7 Å². The molecule has 0 unspecified atom stereocenters. The molecule has 9 heteroatoms. The molecular weight excluding hydrogens is 399 g/mol. The van der Waals surface area contributed by atoms with Gasteiger partial charge < -0.3 is 16.0 Å². The van der Waals surface area contributed by atoms with Gasteiger partial charge in [0.1, 0.15) is 11.6 Å². The predicted molar refractivity (Wildman–Crippen MR) is 114 cm³/mol. The van der Waals surface area contributed by atoms with Crippen molar-refractivity contribution in [2.45, 2.75) is 13.1 Å². The number of fused-ring (bicyclic) bond motifs is 1. The van der Waals surface area contributed by atoms with Crippen LogP contribution in [0.15, 0.2) is 67.0 Å². The summed E-state index contributed by atoms with van der Waals surface area (Å²) < 4.78 is 13.3. The second kappa shape index (κ2) is 8.62. The van der Waals surface area contributed by atoms with Gasteiger partial charge in [-0.05, 0) is 23.3 Å². The van der Waals surface area contributed by atoms with Crippen LogP contribution in [0.25, 0.3) is 10.9 Å². The van der Waals surface area contributed by atoms with Crippen LogP contribution in [-0.4, -0.2) is 31.9 Å². The minimum Gasteiger partial charge on any atom is -0.383 e. The van der Waals surface area contributed by atoms with Crippen LogP contribution >= 0.6 is 0 Å². The average molecular weight is 418 g/mol. The van der Waals surface area contributed by atoms with E-state index in [2.05, 4.69) is 20.5 Å². The minimum absolute atomic E-state index is 0.140. The lowest BCUT2D eigenvalue weighted by Gasteiger charge is -2.22. The summed E-state index contributed by atoms with van der Waals surface area (Å²) in [6.07, 6.45) is 2.86. The highest BCUT2D eigenvalue weighted by Crippen LogP contribution is 2.24. The summed E-state index contributed by atoms with van der Waals surface area (Å²) in [6, 6.07) is 15.1. The maximum Gasteiger partial charge on any atom is 0.314 e. The first kappa shape index (κ1) is 20.0. The van der Waals surface area contributed by atoms with Crippen LogP contribution in [0.4, 0.5) is 15.9 Å². The fraction of sp³-hybridized carbons (Fsp3) is 0.0909. The summed E-state index contributed by atoms with van der Waals surface area (Å²) in [4.78, 5) is 31.2. The number of nitrogens with zero attached hydrogens (tertiary/aromatic N) is 3. The highest BCUT2D eigenvalue weighted by atomic mass is 19.1. The number of nitrogen functional groups attached to an aromatic ring is 1. The minimum atomic E-state index is -0.833. The molecule has 0 saturated carbocycles. The lowest BCUT2D eigenvalue weighted by Crippen LogP contribution is -2.39.